The summed E-state index contributed by atoms with van der Waals surface area (Å²) in [4.78, 5) is 5.44. The Kier molecular flexibility index (Phi) is 10.8. The molecule has 0 amide bonds. The van der Waals surface area contributed by atoms with E-state index in [-0.39, 0.29) is 44.6 Å². The molecule has 3 heterocycles. The molecule has 5 aliphatic rings. The van der Waals surface area contributed by atoms with Gasteiger partial charge in [0.25, 0.3) is 6.71 Å². The number of fused-ring (bicyclic) bond motifs is 9. The van der Waals surface area contributed by atoms with E-state index in [2.05, 4.69) is 220 Å². The van der Waals surface area contributed by atoms with Crippen molar-refractivity contribution in [3.63, 3.8) is 0 Å². The van der Waals surface area contributed by atoms with Crippen LogP contribution in [0.15, 0.2) is 79.0 Å². The maximum absolute atomic E-state index is 4.28. The zero-order valence-electron chi connectivity index (χ0n) is 46.3. The molecule has 0 atom stereocenters. The number of benzene rings is 4. The van der Waals surface area contributed by atoms with Crippen molar-refractivity contribution in [3.05, 3.63) is 129 Å². The van der Waals surface area contributed by atoms with E-state index in [1.807, 2.05) is 6.08 Å². The van der Waals surface area contributed by atoms with Gasteiger partial charge < -0.3 is 9.80 Å². The smallest absolute Gasteiger partial charge is 0.264 e. The van der Waals surface area contributed by atoms with Crippen molar-refractivity contribution in [2.24, 2.45) is 5.41 Å². The van der Waals surface area contributed by atoms with Gasteiger partial charge in [0, 0.05) is 38.1 Å². The lowest BCUT2D eigenvalue weighted by atomic mass is 9.35. The Morgan fingerprint density at radius 3 is 1.72 bits per heavy atom. The van der Waals surface area contributed by atoms with Gasteiger partial charge in [-0.2, -0.15) is 0 Å². The lowest BCUT2D eigenvalue weighted by molar-refractivity contribution is 0.330. The van der Waals surface area contributed by atoms with E-state index in [4.69, 9.17) is 0 Å². The van der Waals surface area contributed by atoms with E-state index in [0.717, 1.165) is 0 Å². The molecule has 1 aromatic heterocycles. The maximum atomic E-state index is 4.28. The van der Waals surface area contributed by atoms with Gasteiger partial charge in [-0.05, 0) is 199 Å². The standard InChI is InChI=1S/C65H83BN2S/c1-21-42(59(6,7)8)23-22-30-67-51-32-41(38(2)3)33-52-55(51)66(58-57(67)43-34-44-47(37-53(43)69-58)63(15,16)27-24-60(44,9)10)49-35-45-46(62(13,14)26-25-61(45,11)12)36-50(49)68(52)56-39(4)31-48-54(40(56)5)65(19,20)29-28-64(48,17)18/h21-23,30-38H,1,24-29H2,2-20H3/b30-22+,42-23+. The first-order valence-corrected chi connectivity index (χ1v) is 27.5. The van der Waals surface area contributed by atoms with Gasteiger partial charge in [0.05, 0.1) is 11.4 Å². The summed E-state index contributed by atoms with van der Waals surface area (Å²) in [6.07, 6.45) is 16.2. The Morgan fingerprint density at radius 1 is 0.638 bits per heavy atom. The number of thiophene rings is 1. The van der Waals surface area contributed by atoms with Crippen LogP contribution in [0.3, 0.4) is 0 Å². The van der Waals surface area contributed by atoms with Crippen LogP contribution < -0.4 is 25.5 Å². The highest BCUT2D eigenvalue weighted by atomic mass is 32.1. The lowest BCUT2D eigenvalue weighted by Crippen LogP contribution is -2.61. The van der Waals surface area contributed by atoms with Crippen LogP contribution in [0.4, 0.5) is 28.4 Å². The summed E-state index contributed by atoms with van der Waals surface area (Å²) >= 11 is 2.07. The molecule has 0 saturated heterocycles. The summed E-state index contributed by atoms with van der Waals surface area (Å²) in [5.74, 6) is 0.330. The van der Waals surface area contributed by atoms with E-state index in [1.54, 1.807) is 11.1 Å². The van der Waals surface area contributed by atoms with Crippen LogP contribution in [-0.2, 0) is 32.5 Å². The fourth-order valence-electron chi connectivity index (χ4n) is 13.8. The Morgan fingerprint density at radius 2 is 1.16 bits per heavy atom. The fraction of sp³-hybridized carbons (Fsp3) is 0.508. The Balaban J connectivity index is 1.37. The van der Waals surface area contributed by atoms with E-state index in [0.29, 0.717) is 5.92 Å². The number of allylic oxidation sites excluding steroid dienone is 4. The van der Waals surface area contributed by atoms with Crippen LogP contribution in [-0.4, -0.2) is 6.71 Å². The SMILES string of the molecule is C=C/C(=C\C=C\N1c2cc(C(C)C)cc3c2B(c2cc4c(cc2N3c2c(C)cc3c(c2C)C(C)(C)CCC3(C)C)C(C)(C)CCC4(C)C)c2sc3cc4c(cc3c21)C(C)(C)CCC4(C)C)C(C)(C)C. The summed E-state index contributed by atoms with van der Waals surface area (Å²) in [6, 6.07) is 18.5. The van der Waals surface area contributed by atoms with Gasteiger partial charge in [-0.15, -0.1) is 11.3 Å². The van der Waals surface area contributed by atoms with Gasteiger partial charge in [-0.25, -0.2) is 0 Å². The average molecular weight is 935 g/mol. The Bertz CT molecular complexity index is 3070. The molecule has 0 saturated carbocycles. The zero-order valence-corrected chi connectivity index (χ0v) is 47.1. The summed E-state index contributed by atoms with van der Waals surface area (Å²) in [7, 11) is 0. The fourth-order valence-corrected chi connectivity index (χ4v) is 15.2. The van der Waals surface area contributed by atoms with Crippen molar-refractivity contribution in [3.8, 4) is 0 Å². The van der Waals surface area contributed by atoms with Gasteiger partial charge in [0.15, 0.2) is 0 Å². The zero-order chi connectivity index (χ0) is 50.1. The predicted molar refractivity (Wildman–Crippen MR) is 306 cm³/mol. The van der Waals surface area contributed by atoms with Crippen LogP contribution in [0, 0.1) is 19.3 Å². The molecule has 0 fully saturated rings. The van der Waals surface area contributed by atoms with E-state index < -0.39 is 0 Å². The molecular formula is C65H83BN2S. The number of hydrogen-bond donors (Lipinski definition) is 0. The molecule has 4 aromatic carbocycles. The Labute approximate surface area is 422 Å². The molecule has 5 aromatic rings. The molecule has 2 nitrogen and oxygen atoms in total. The number of anilines is 5. The molecule has 2 aliphatic heterocycles. The predicted octanol–water partition coefficient (Wildman–Crippen LogP) is 17.1. The molecule has 0 N–H and O–H groups in total. The average Bonchev–Trinajstić information content (AvgIpc) is 3.62. The summed E-state index contributed by atoms with van der Waals surface area (Å²) in [5, 5.41) is 1.39. The number of rotatable bonds is 5. The van der Waals surface area contributed by atoms with E-state index in [9.17, 15) is 0 Å². The number of nitrogens with zero attached hydrogens (tertiary/aromatic N) is 2. The summed E-state index contributed by atoms with van der Waals surface area (Å²) < 4.78 is 2.88. The quantitative estimate of drug-likeness (QED) is 0.126. The van der Waals surface area contributed by atoms with Crippen LogP contribution in [0.5, 0.6) is 0 Å². The van der Waals surface area contributed by atoms with Gasteiger partial charge in [-0.3, -0.25) is 0 Å². The second-order valence-corrected chi connectivity index (χ2v) is 28.8. The third-order valence-corrected chi connectivity index (χ3v) is 19.9. The normalized spacial score (nSPS) is 21.2. The summed E-state index contributed by atoms with van der Waals surface area (Å²) in [5.41, 5.74) is 24.8. The maximum Gasteiger partial charge on any atom is 0.264 e. The first-order valence-electron chi connectivity index (χ1n) is 26.7. The molecule has 10 rings (SSSR count). The van der Waals surface area contributed by atoms with Crippen molar-refractivity contribution in [1.29, 1.82) is 0 Å². The largest absolute Gasteiger partial charge is 0.317 e. The third-order valence-electron chi connectivity index (χ3n) is 18.7. The summed E-state index contributed by atoms with van der Waals surface area (Å²) in [6.45, 7) is 50.9. The molecule has 0 bridgehead atoms. The minimum Gasteiger partial charge on any atom is -0.317 e. The lowest BCUT2D eigenvalue weighted by Gasteiger charge is -2.48. The third kappa shape index (κ3) is 7.27. The first-order chi connectivity index (χ1) is 31.9. The van der Waals surface area contributed by atoms with Gasteiger partial charge in [0.1, 0.15) is 0 Å². The van der Waals surface area contributed by atoms with Crippen LogP contribution >= 0.6 is 11.3 Å². The van der Waals surface area contributed by atoms with Gasteiger partial charge in [-0.1, -0.05) is 149 Å². The van der Waals surface area contributed by atoms with Crippen molar-refractivity contribution in [2.45, 2.75) is 208 Å². The molecule has 69 heavy (non-hydrogen) atoms. The molecule has 362 valence electrons. The van der Waals surface area contributed by atoms with Crippen LogP contribution in [0.2, 0.25) is 0 Å². The highest BCUT2D eigenvalue weighted by molar-refractivity contribution is 7.33. The molecule has 0 spiro atoms. The molecule has 0 unspecified atom stereocenters. The van der Waals surface area contributed by atoms with Crippen molar-refractivity contribution in [2.75, 3.05) is 9.80 Å². The van der Waals surface area contributed by atoms with E-state index >= 15 is 0 Å². The van der Waals surface area contributed by atoms with Crippen LogP contribution in [0.1, 0.15) is 212 Å². The Hall–Kier alpha value is -4.28. The van der Waals surface area contributed by atoms with E-state index in [1.165, 1.54) is 137 Å². The van der Waals surface area contributed by atoms with Crippen molar-refractivity contribution >= 4 is 72.3 Å². The molecule has 4 heteroatoms. The molecule has 0 radical (unpaired) electrons. The second-order valence-electron chi connectivity index (χ2n) is 27.7. The van der Waals surface area contributed by atoms with Crippen molar-refractivity contribution in [1.82, 2.24) is 0 Å². The molecular weight excluding hydrogens is 852 g/mol. The van der Waals surface area contributed by atoms with Gasteiger partial charge >= 0.3 is 0 Å². The van der Waals surface area contributed by atoms with Crippen molar-refractivity contribution < 1.29 is 0 Å². The topological polar surface area (TPSA) is 6.48 Å². The second kappa shape index (κ2) is 15.4. The first kappa shape index (κ1) is 48.4. The van der Waals surface area contributed by atoms with Gasteiger partial charge in [0.2, 0.25) is 0 Å². The number of aryl methyl sites for hydroxylation is 1. The highest BCUT2D eigenvalue weighted by Gasteiger charge is 2.49. The monoisotopic (exact) mass is 935 g/mol. The minimum absolute atomic E-state index is 0.0203. The highest BCUT2D eigenvalue weighted by Crippen LogP contribution is 2.56. The minimum atomic E-state index is -0.0203. The number of hydrogen-bond acceptors (Lipinski definition) is 3. The molecule has 3 aliphatic carbocycles. The van der Waals surface area contributed by atoms with Crippen LogP contribution in [0.25, 0.3) is 10.1 Å².